The van der Waals surface area contributed by atoms with Gasteiger partial charge in [0.2, 0.25) is 0 Å². The topological polar surface area (TPSA) is 60.5 Å². The number of rotatable bonds is 4. The molecule has 1 amide bonds. The molecule has 1 atom stereocenters. The van der Waals surface area contributed by atoms with Crippen molar-refractivity contribution in [2.24, 2.45) is 0 Å². The van der Waals surface area contributed by atoms with E-state index in [0.29, 0.717) is 35.2 Å². The van der Waals surface area contributed by atoms with E-state index in [4.69, 9.17) is 9.47 Å². The first-order chi connectivity index (χ1) is 12.7. The average molecular weight is 370 g/mol. The summed E-state index contributed by atoms with van der Waals surface area (Å²) >= 11 is 1.23. The fourth-order valence-electron chi connectivity index (χ4n) is 2.60. The number of carbonyl (C=O) groups is 1. The second-order valence-electron chi connectivity index (χ2n) is 5.73. The highest BCUT2D eigenvalue weighted by Gasteiger charge is 2.22. The van der Waals surface area contributed by atoms with Crippen LogP contribution >= 0.6 is 11.3 Å². The highest BCUT2D eigenvalue weighted by atomic mass is 32.1. The van der Waals surface area contributed by atoms with Gasteiger partial charge in [-0.2, -0.15) is 0 Å². The Morgan fingerprint density at radius 3 is 2.81 bits per heavy atom. The Morgan fingerprint density at radius 2 is 1.96 bits per heavy atom. The van der Waals surface area contributed by atoms with Crippen LogP contribution in [0, 0.1) is 5.82 Å². The van der Waals surface area contributed by atoms with Crippen molar-refractivity contribution >= 4 is 17.2 Å². The van der Waals surface area contributed by atoms with Crippen molar-refractivity contribution in [2.45, 2.75) is 6.10 Å². The van der Waals surface area contributed by atoms with Gasteiger partial charge in [-0.05, 0) is 24.3 Å². The molecule has 5 nitrogen and oxygen atoms in total. The molecular formula is C19H15FN2O3S. The van der Waals surface area contributed by atoms with Crippen molar-refractivity contribution in [2.75, 3.05) is 13.2 Å². The Kier molecular flexibility index (Phi) is 4.53. The molecule has 1 unspecified atom stereocenters. The average Bonchev–Trinajstić information content (AvgIpc) is 3.16. The van der Waals surface area contributed by atoms with Crippen molar-refractivity contribution in [1.82, 2.24) is 10.3 Å². The van der Waals surface area contributed by atoms with Crippen LogP contribution in [0.4, 0.5) is 4.39 Å². The number of hydrogen-bond donors (Lipinski definition) is 1. The van der Waals surface area contributed by atoms with Gasteiger partial charge in [0.25, 0.3) is 5.91 Å². The van der Waals surface area contributed by atoms with Crippen LogP contribution in [0.2, 0.25) is 0 Å². The molecule has 1 N–H and O–H groups in total. The summed E-state index contributed by atoms with van der Waals surface area (Å²) in [5.41, 5.74) is 0.641. The lowest BCUT2D eigenvalue weighted by Crippen LogP contribution is -2.40. The minimum atomic E-state index is -0.361. The van der Waals surface area contributed by atoms with E-state index in [1.165, 1.54) is 17.4 Å². The summed E-state index contributed by atoms with van der Waals surface area (Å²) in [6, 6.07) is 13.8. The molecule has 2 heterocycles. The van der Waals surface area contributed by atoms with E-state index >= 15 is 0 Å². The van der Waals surface area contributed by atoms with Crippen LogP contribution in [0.1, 0.15) is 10.5 Å². The lowest BCUT2D eigenvalue weighted by molar-refractivity contribution is 0.0787. The lowest BCUT2D eigenvalue weighted by Gasteiger charge is -2.26. The zero-order valence-electron chi connectivity index (χ0n) is 13.6. The maximum atomic E-state index is 13.8. The summed E-state index contributed by atoms with van der Waals surface area (Å²) < 4.78 is 25.3. The first kappa shape index (κ1) is 16.5. The molecular weight excluding hydrogens is 355 g/mol. The van der Waals surface area contributed by atoms with Gasteiger partial charge in [-0.1, -0.05) is 24.3 Å². The van der Waals surface area contributed by atoms with Gasteiger partial charge >= 0.3 is 0 Å². The monoisotopic (exact) mass is 370 g/mol. The number of fused-ring (bicyclic) bond motifs is 1. The number of thiazole rings is 1. The van der Waals surface area contributed by atoms with E-state index in [-0.39, 0.29) is 23.5 Å². The molecule has 0 aliphatic carbocycles. The molecule has 1 aromatic heterocycles. The number of nitrogens with zero attached hydrogens (tertiary/aromatic N) is 1. The van der Waals surface area contributed by atoms with Crippen molar-refractivity contribution in [3.63, 3.8) is 0 Å². The third-order valence-corrected chi connectivity index (χ3v) is 4.77. The third kappa shape index (κ3) is 3.39. The molecule has 1 aliphatic rings. The van der Waals surface area contributed by atoms with Gasteiger partial charge in [-0.3, -0.25) is 4.79 Å². The Morgan fingerprint density at radius 1 is 1.19 bits per heavy atom. The Hall–Kier alpha value is -2.93. The van der Waals surface area contributed by atoms with E-state index in [2.05, 4.69) is 10.3 Å². The molecule has 0 saturated heterocycles. The minimum Gasteiger partial charge on any atom is -0.486 e. The highest BCUT2D eigenvalue weighted by Crippen LogP contribution is 2.30. The smallest absolute Gasteiger partial charge is 0.270 e. The van der Waals surface area contributed by atoms with E-state index < -0.39 is 0 Å². The Bertz CT molecular complexity index is 944. The number of aromatic nitrogens is 1. The predicted octanol–water partition coefficient (Wildman–Crippen LogP) is 3.52. The van der Waals surface area contributed by atoms with Crippen LogP contribution in [0.15, 0.2) is 53.9 Å². The molecule has 4 rings (SSSR count). The third-order valence-electron chi connectivity index (χ3n) is 3.90. The number of halogens is 1. The van der Waals surface area contributed by atoms with Crippen LogP contribution in [0.3, 0.4) is 0 Å². The number of para-hydroxylation sites is 2. The van der Waals surface area contributed by atoms with Crippen LogP contribution in [-0.2, 0) is 0 Å². The zero-order valence-corrected chi connectivity index (χ0v) is 14.5. The van der Waals surface area contributed by atoms with Gasteiger partial charge in [-0.15, -0.1) is 11.3 Å². The summed E-state index contributed by atoms with van der Waals surface area (Å²) in [6.07, 6.45) is -0.279. The number of ether oxygens (including phenoxy) is 2. The van der Waals surface area contributed by atoms with Gasteiger partial charge in [-0.25, -0.2) is 9.37 Å². The number of nitrogens with one attached hydrogen (secondary N) is 1. The van der Waals surface area contributed by atoms with E-state index in [1.54, 1.807) is 23.6 Å². The molecule has 0 fully saturated rings. The van der Waals surface area contributed by atoms with Crippen LogP contribution < -0.4 is 14.8 Å². The number of benzene rings is 2. The first-order valence-electron chi connectivity index (χ1n) is 8.08. The second kappa shape index (κ2) is 7.13. The number of carbonyl (C=O) groups excluding carboxylic acids is 1. The Balaban J connectivity index is 1.38. The van der Waals surface area contributed by atoms with Crippen LogP contribution in [0.5, 0.6) is 11.5 Å². The fourth-order valence-corrected chi connectivity index (χ4v) is 3.42. The van der Waals surface area contributed by atoms with Crippen molar-refractivity contribution < 1.29 is 18.7 Å². The maximum Gasteiger partial charge on any atom is 0.270 e. The summed E-state index contributed by atoms with van der Waals surface area (Å²) in [6.45, 7) is 0.647. The zero-order chi connectivity index (χ0) is 17.9. The second-order valence-corrected chi connectivity index (χ2v) is 6.58. The highest BCUT2D eigenvalue weighted by molar-refractivity contribution is 7.13. The quantitative estimate of drug-likeness (QED) is 0.763. The standard InChI is InChI=1S/C19H15FN2O3S/c20-14-6-2-1-5-13(14)19-22-15(11-26-19)18(23)21-9-12-10-24-16-7-3-4-8-17(16)25-12/h1-8,11-12H,9-10H2,(H,21,23). The Labute approximate surface area is 153 Å². The lowest BCUT2D eigenvalue weighted by atomic mass is 10.2. The first-order valence-corrected chi connectivity index (χ1v) is 8.96. The van der Waals surface area contributed by atoms with Gasteiger partial charge in [0.05, 0.1) is 6.54 Å². The largest absolute Gasteiger partial charge is 0.486 e. The van der Waals surface area contributed by atoms with Crippen molar-refractivity contribution in [3.8, 4) is 22.1 Å². The van der Waals surface area contributed by atoms with Gasteiger partial charge in [0.1, 0.15) is 29.2 Å². The summed E-state index contributed by atoms with van der Waals surface area (Å²) in [7, 11) is 0. The minimum absolute atomic E-state index is 0.255. The van der Waals surface area contributed by atoms with E-state index in [0.717, 1.165) is 0 Å². The molecule has 7 heteroatoms. The van der Waals surface area contributed by atoms with Crippen LogP contribution in [-0.4, -0.2) is 30.1 Å². The van der Waals surface area contributed by atoms with Gasteiger partial charge in [0.15, 0.2) is 11.5 Å². The van der Waals surface area contributed by atoms with Gasteiger partial charge < -0.3 is 14.8 Å². The van der Waals surface area contributed by atoms with E-state index in [1.807, 2.05) is 24.3 Å². The number of amides is 1. The number of hydrogen-bond acceptors (Lipinski definition) is 5. The normalized spacial score (nSPS) is 15.5. The molecule has 132 valence electrons. The SMILES string of the molecule is O=C(NCC1COc2ccccc2O1)c1csc(-c2ccccc2F)n1. The van der Waals surface area contributed by atoms with E-state index in [9.17, 15) is 9.18 Å². The van der Waals surface area contributed by atoms with Gasteiger partial charge in [0, 0.05) is 10.9 Å². The molecule has 1 aliphatic heterocycles. The van der Waals surface area contributed by atoms with Crippen LogP contribution in [0.25, 0.3) is 10.6 Å². The molecule has 0 spiro atoms. The molecule has 0 radical (unpaired) electrons. The molecule has 0 saturated carbocycles. The van der Waals surface area contributed by atoms with Crippen molar-refractivity contribution in [3.05, 3.63) is 65.4 Å². The molecule has 2 aromatic carbocycles. The molecule has 3 aromatic rings. The predicted molar refractivity (Wildman–Crippen MR) is 96.2 cm³/mol. The summed E-state index contributed by atoms with van der Waals surface area (Å²) in [5, 5.41) is 4.87. The maximum absolute atomic E-state index is 13.8. The van der Waals surface area contributed by atoms with Crippen molar-refractivity contribution in [1.29, 1.82) is 0 Å². The molecule has 26 heavy (non-hydrogen) atoms. The summed E-state index contributed by atoms with van der Waals surface area (Å²) in [5.74, 6) is 0.670. The molecule has 0 bridgehead atoms. The summed E-state index contributed by atoms with van der Waals surface area (Å²) in [4.78, 5) is 16.5. The fraction of sp³-hybridized carbons (Fsp3) is 0.158.